The van der Waals surface area contributed by atoms with E-state index in [4.69, 9.17) is 4.74 Å². The minimum Gasteiger partial charge on any atom is -0.488 e. The third-order valence-electron chi connectivity index (χ3n) is 1.86. The van der Waals surface area contributed by atoms with Crippen molar-refractivity contribution in [2.75, 3.05) is 25.1 Å². The third-order valence-corrected chi connectivity index (χ3v) is 1.86. The summed E-state index contributed by atoms with van der Waals surface area (Å²) in [5.41, 5.74) is 1.13. The molecule has 0 saturated carbocycles. The molecule has 1 aromatic rings. The van der Waals surface area contributed by atoms with Gasteiger partial charge in [0.05, 0.1) is 18.4 Å². The minimum atomic E-state index is 0.759. The molecule has 0 saturated heterocycles. The number of nitrogens with zero attached hydrogens (tertiary/aromatic N) is 2. The van der Waals surface area contributed by atoms with Crippen LogP contribution in [0.15, 0.2) is 18.5 Å². The average molecular weight is 150 g/mol. The molecule has 0 radical (unpaired) electrons. The predicted octanol–water partition coefficient (Wildman–Crippen LogP) is 0.910. The third kappa shape index (κ3) is 1.02. The Labute approximate surface area is 65.6 Å². The van der Waals surface area contributed by atoms with E-state index in [1.54, 1.807) is 12.4 Å². The fraction of sp³-hybridized carbons (Fsp3) is 0.375. The van der Waals surface area contributed by atoms with Gasteiger partial charge in [-0.05, 0) is 6.07 Å². The molecule has 0 fully saturated rings. The monoisotopic (exact) mass is 150 g/mol. The summed E-state index contributed by atoms with van der Waals surface area (Å²) in [6, 6.07) is 1.97. The van der Waals surface area contributed by atoms with Crippen LogP contribution >= 0.6 is 0 Å². The number of pyridine rings is 1. The minimum absolute atomic E-state index is 0.759. The molecule has 3 heteroatoms. The van der Waals surface area contributed by atoms with Gasteiger partial charge >= 0.3 is 0 Å². The van der Waals surface area contributed by atoms with E-state index in [9.17, 15) is 0 Å². The Morgan fingerprint density at radius 1 is 1.64 bits per heavy atom. The van der Waals surface area contributed by atoms with E-state index in [1.807, 2.05) is 6.07 Å². The predicted molar refractivity (Wildman–Crippen MR) is 43.0 cm³/mol. The molecule has 11 heavy (non-hydrogen) atoms. The Hall–Kier alpha value is -1.25. The molecule has 0 amide bonds. The van der Waals surface area contributed by atoms with Crippen molar-refractivity contribution >= 4 is 5.69 Å². The van der Waals surface area contributed by atoms with Gasteiger partial charge in [0.25, 0.3) is 0 Å². The highest BCUT2D eigenvalue weighted by atomic mass is 16.5. The van der Waals surface area contributed by atoms with Crippen molar-refractivity contribution in [3.63, 3.8) is 0 Å². The van der Waals surface area contributed by atoms with E-state index >= 15 is 0 Å². The van der Waals surface area contributed by atoms with Crippen molar-refractivity contribution in [1.29, 1.82) is 0 Å². The topological polar surface area (TPSA) is 25.4 Å². The fourth-order valence-electron chi connectivity index (χ4n) is 1.21. The molecule has 0 spiro atoms. The van der Waals surface area contributed by atoms with E-state index in [1.165, 1.54) is 0 Å². The maximum atomic E-state index is 5.39. The summed E-state index contributed by atoms with van der Waals surface area (Å²) in [4.78, 5) is 6.15. The van der Waals surface area contributed by atoms with Crippen LogP contribution < -0.4 is 9.64 Å². The van der Waals surface area contributed by atoms with Crippen molar-refractivity contribution < 1.29 is 4.74 Å². The second-order valence-electron chi connectivity index (χ2n) is 2.61. The molecule has 0 N–H and O–H groups in total. The van der Waals surface area contributed by atoms with Gasteiger partial charge in [-0.15, -0.1) is 0 Å². The zero-order valence-electron chi connectivity index (χ0n) is 6.45. The van der Waals surface area contributed by atoms with E-state index in [-0.39, 0.29) is 0 Å². The summed E-state index contributed by atoms with van der Waals surface area (Å²) in [6.07, 6.45) is 3.54. The molecule has 2 heterocycles. The Balaban J connectivity index is 2.44. The molecule has 58 valence electrons. The second-order valence-corrected chi connectivity index (χ2v) is 2.61. The van der Waals surface area contributed by atoms with Crippen LogP contribution in [0.25, 0.3) is 0 Å². The Kier molecular flexibility index (Phi) is 1.42. The first-order valence-corrected chi connectivity index (χ1v) is 3.66. The van der Waals surface area contributed by atoms with Gasteiger partial charge in [-0.1, -0.05) is 0 Å². The van der Waals surface area contributed by atoms with Gasteiger partial charge in [0.1, 0.15) is 6.61 Å². The SMILES string of the molecule is CN1CCOc2cnccc21. The number of fused-ring (bicyclic) bond motifs is 1. The van der Waals surface area contributed by atoms with Crippen LogP contribution in [0.5, 0.6) is 5.75 Å². The molecule has 0 aliphatic carbocycles. The number of hydrogen-bond acceptors (Lipinski definition) is 3. The number of ether oxygens (including phenoxy) is 1. The second kappa shape index (κ2) is 2.42. The number of hydrogen-bond donors (Lipinski definition) is 0. The van der Waals surface area contributed by atoms with Gasteiger partial charge in [-0.3, -0.25) is 4.98 Å². The number of rotatable bonds is 0. The van der Waals surface area contributed by atoms with Gasteiger partial charge in [-0.25, -0.2) is 0 Å². The first kappa shape index (κ1) is 6.46. The van der Waals surface area contributed by atoms with Gasteiger partial charge in [0, 0.05) is 13.2 Å². The highest BCUT2D eigenvalue weighted by Crippen LogP contribution is 2.28. The van der Waals surface area contributed by atoms with Crippen molar-refractivity contribution in [3.8, 4) is 5.75 Å². The molecule has 1 aliphatic rings. The number of likely N-dealkylation sites (N-methyl/N-ethyl adjacent to an activating group) is 1. The van der Waals surface area contributed by atoms with Crippen LogP contribution in [0.2, 0.25) is 0 Å². The highest BCUT2D eigenvalue weighted by Gasteiger charge is 2.12. The lowest BCUT2D eigenvalue weighted by Gasteiger charge is -2.26. The zero-order chi connectivity index (χ0) is 7.68. The summed E-state index contributed by atoms with van der Waals surface area (Å²) < 4.78 is 5.39. The molecular weight excluding hydrogens is 140 g/mol. The molecule has 1 aromatic heterocycles. The van der Waals surface area contributed by atoms with E-state index in [0.717, 1.165) is 24.6 Å². The van der Waals surface area contributed by atoms with E-state index in [2.05, 4.69) is 16.9 Å². The molecule has 3 nitrogen and oxygen atoms in total. The number of aromatic nitrogens is 1. The zero-order valence-corrected chi connectivity index (χ0v) is 6.45. The van der Waals surface area contributed by atoms with E-state index < -0.39 is 0 Å². The summed E-state index contributed by atoms with van der Waals surface area (Å²) in [7, 11) is 2.06. The molecular formula is C8H10N2O. The molecule has 1 aliphatic heterocycles. The van der Waals surface area contributed by atoms with Crippen LogP contribution in [-0.2, 0) is 0 Å². The standard InChI is InChI=1S/C8H10N2O/c1-10-4-5-11-8-6-9-3-2-7(8)10/h2-3,6H,4-5H2,1H3. The van der Waals surface area contributed by atoms with Gasteiger partial charge in [0.2, 0.25) is 0 Å². The van der Waals surface area contributed by atoms with Gasteiger partial charge in [0.15, 0.2) is 5.75 Å². The summed E-state index contributed by atoms with van der Waals surface area (Å²) in [5, 5.41) is 0. The van der Waals surface area contributed by atoms with Gasteiger partial charge in [-0.2, -0.15) is 0 Å². The molecule has 2 rings (SSSR count). The Morgan fingerprint density at radius 3 is 3.36 bits per heavy atom. The largest absolute Gasteiger partial charge is 0.488 e. The van der Waals surface area contributed by atoms with Crippen LogP contribution in [0.3, 0.4) is 0 Å². The van der Waals surface area contributed by atoms with Crippen molar-refractivity contribution in [2.24, 2.45) is 0 Å². The van der Waals surface area contributed by atoms with Crippen LogP contribution in [-0.4, -0.2) is 25.2 Å². The fourth-order valence-corrected chi connectivity index (χ4v) is 1.21. The quantitative estimate of drug-likeness (QED) is 0.549. The first-order valence-electron chi connectivity index (χ1n) is 3.66. The first-order chi connectivity index (χ1) is 5.38. The smallest absolute Gasteiger partial charge is 0.160 e. The number of anilines is 1. The van der Waals surface area contributed by atoms with E-state index in [0.29, 0.717) is 0 Å². The normalized spacial score (nSPS) is 15.5. The summed E-state index contributed by atoms with van der Waals surface area (Å²) >= 11 is 0. The molecule has 0 atom stereocenters. The molecule has 0 aromatic carbocycles. The lowest BCUT2D eigenvalue weighted by atomic mass is 10.3. The lowest BCUT2D eigenvalue weighted by Crippen LogP contribution is -2.28. The van der Waals surface area contributed by atoms with Crippen molar-refractivity contribution in [1.82, 2.24) is 4.98 Å². The average Bonchev–Trinajstić information content (AvgIpc) is 2.06. The van der Waals surface area contributed by atoms with Crippen LogP contribution in [0.1, 0.15) is 0 Å². The van der Waals surface area contributed by atoms with Crippen LogP contribution in [0.4, 0.5) is 5.69 Å². The maximum absolute atomic E-state index is 5.39. The summed E-state index contributed by atoms with van der Waals surface area (Å²) in [6.45, 7) is 1.71. The Bertz CT molecular complexity index is 262. The van der Waals surface area contributed by atoms with Gasteiger partial charge < -0.3 is 9.64 Å². The lowest BCUT2D eigenvalue weighted by molar-refractivity contribution is 0.310. The maximum Gasteiger partial charge on any atom is 0.160 e. The van der Waals surface area contributed by atoms with Crippen molar-refractivity contribution in [3.05, 3.63) is 18.5 Å². The Morgan fingerprint density at radius 2 is 2.55 bits per heavy atom. The summed E-state index contributed by atoms with van der Waals surface area (Å²) in [5.74, 6) is 0.890. The highest BCUT2D eigenvalue weighted by molar-refractivity contribution is 5.57. The van der Waals surface area contributed by atoms with Crippen molar-refractivity contribution in [2.45, 2.75) is 0 Å². The molecule has 0 unspecified atom stereocenters. The van der Waals surface area contributed by atoms with Crippen LogP contribution in [0, 0.1) is 0 Å². The molecule has 0 bridgehead atoms.